The Kier molecular flexibility index (Phi) is 3.63. The first-order chi connectivity index (χ1) is 8.43. The fourth-order valence-electron chi connectivity index (χ4n) is 2.64. The second kappa shape index (κ2) is 4.76. The highest BCUT2D eigenvalue weighted by Crippen LogP contribution is 2.55. The first kappa shape index (κ1) is 13.7. The van der Waals surface area contributed by atoms with Crippen molar-refractivity contribution in [2.75, 3.05) is 11.5 Å². The first-order valence-corrected chi connectivity index (χ1v) is 7.72. The zero-order chi connectivity index (χ0) is 13.4. The monoisotopic (exact) mass is 271 g/mol. The van der Waals surface area contributed by atoms with E-state index in [1.54, 1.807) is 11.8 Å². The van der Waals surface area contributed by atoms with Gasteiger partial charge < -0.3 is 10.4 Å². The molecule has 102 valence electrons. The SMILES string of the molecule is CCC1(C)CC1C(=O)NC1(C(=O)O)CCSCC1. The Bertz CT molecular complexity index is 365. The lowest BCUT2D eigenvalue weighted by molar-refractivity contribution is -0.148. The molecule has 0 aromatic rings. The van der Waals surface area contributed by atoms with Gasteiger partial charge in [0.1, 0.15) is 5.54 Å². The third-order valence-electron chi connectivity index (χ3n) is 4.59. The number of nitrogens with one attached hydrogen (secondary N) is 1. The van der Waals surface area contributed by atoms with Crippen LogP contribution in [0, 0.1) is 11.3 Å². The van der Waals surface area contributed by atoms with Crippen molar-refractivity contribution < 1.29 is 14.7 Å². The molecular formula is C13H21NO3S. The summed E-state index contributed by atoms with van der Waals surface area (Å²) in [4.78, 5) is 23.6. The topological polar surface area (TPSA) is 66.4 Å². The molecule has 5 heteroatoms. The molecule has 0 aromatic carbocycles. The van der Waals surface area contributed by atoms with Crippen molar-refractivity contribution in [3.63, 3.8) is 0 Å². The Morgan fingerprint density at radius 1 is 1.39 bits per heavy atom. The van der Waals surface area contributed by atoms with E-state index in [4.69, 9.17) is 0 Å². The van der Waals surface area contributed by atoms with Gasteiger partial charge in [0, 0.05) is 5.92 Å². The number of carbonyl (C=O) groups is 2. The summed E-state index contributed by atoms with van der Waals surface area (Å²) >= 11 is 1.76. The Balaban J connectivity index is 2.02. The van der Waals surface area contributed by atoms with Crippen LogP contribution < -0.4 is 5.32 Å². The molecular weight excluding hydrogens is 250 g/mol. The van der Waals surface area contributed by atoms with E-state index in [-0.39, 0.29) is 17.2 Å². The zero-order valence-electron chi connectivity index (χ0n) is 11.0. The van der Waals surface area contributed by atoms with Gasteiger partial charge >= 0.3 is 5.97 Å². The van der Waals surface area contributed by atoms with Gasteiger partial charge in [-0.1, -0.05) is 13.8 Å². The molecule has 0 spiro atoms. The normalized spacial score (nSPS) is 33.8. The van der Waals surface area contributed by atoms with E-state index in [2.05, 4.69) is 19.2 Å². The molecule has 1 saturated heterocycles. The van der Waals surface area contributed by atoms with Crippen LogP contribution in [-0.2, 0) is 9.59 Å². The Morgan fingerprint density at radius 2 is 2.00 bits per heavy atom. The molecule has 2 N–H and O–H groups in total. The third kappa shape index (κ3) is 2.37. The van der Waals surface area contributed by atoms with Gasteiger partial charge in [0.05, 0.1) is 0 Å². The van der Waals surface area contributed by atoms with Crippen molar-refractivity contribution >= 4 is 23.6 Å². The second-order valence-electron chi connectivity index (χ2n) is 5.75. The summed E-state index contributed by atoms with van der Waals surface area (Å²) in [6.45, 7) is 4.18. The van der Waals surface area contributed by atoms with Crippen LogP contribution in [0.4, 0.5) is 0 Å². The fraction of sp³-hybridized carbons (Fsp3) is 0.846. The highest BCUT2D eigenvalue weighted by Gasteiger charge is 2.55. The van der Waals surface area contributed by atoms with Gasteiger partial charge in [-0.3, -0.25) is 4.79 Å². The molecule has 1 aliphatic carbocycles. The maximum absolute atomic E-state index is 12.2. The summed E-state index contributed by atoms with van der Waals surface area (Å²) in [7, 11) is 0. The van der Waals surface area contributed by atoms with Crippen molar-refractivity contribution in [1.29, 1.82) is 0 Å². The molecule has 1 amide bonds. The van der Waals surface area contributed by atoms with Gasteiger partial charge in [-0.15, -0.1) is 0 Å². The lowest BCUT2D eigenvalue weighted by Crippen LogP contribution is -2.57. The van der Waals surface area contributed by atoms with Crippen LogP contribution in [0.1, 0.15) is 39.5 Å². The van der Waals surface area contributed by atoms with E-state index in [0.717, 1.165) is 24.3 Å². The van der Waals surface area contributed by atoms with E-state index >= 15 is 0 Å². The second-order valence-corrected chi connectivity index (χ2v) is 6.98. The molecule has 0 radical (unpaired) electrons. The Labute approximate surface area is 112 Å². The van der Waals surface area contributed by atoms with E-state index in [9.17, 15) is 14.7 Å². The fourth-order valence-corrected chi connectivity index (χ4v) is 3.83. The van der Waals surface area contributed by atoms with Crippen LogP contribution in [0.5, 0.6) is 0 Å². The maximum atomic E-state index is 12.2. The molecule has 1 heterocycles. The molecule has 1 aliphatic heterocycles. The van der Waals surface area contributed by atoms with Gasteiger partial charge in [0.25, 0.3) is 0 Å². The minimum absolute atomic E-state index is 0.00769. The third-order valence-corrected chi connectivity index (χ3v) is 5.58. The number of thioether (sulfide) groups is 1. The van der Waals surface area contributed by atoms with Gasteiger partial charge in [0.2, 0.25) is 5.91 Å². The number of carboxylic acids is 1. The Morgan fingerprint density at radius 3 is 2.44 bits per heavy atom. The Hall–Kier alpha value is -0.710. The van der Waals surface area contributed by atoms with Gasteiger partial charge in [-0.2, -0.15) is 11.8 Å². The van der Waals surface area contributed by atoms with E-state index in [1.165, 1.54) is 0 Å². The molecule has 2 aliphatic rings. The highest BCUT2D eigenvalue weighted by molar-refractivity contribution is 7.99. The molecule has 2 fully saturated rings. The van der Waals surface area contributed by atoms with Crippen molar-refractivity contribution in [1.82, 2.24) is 5.32 Å². The average Bonchev–Trinajstić information content (AvgIpc) is 3.04. The highest BCUT2D eigenvalue weighted by atomic mass is 32.2. The quantitative estimate of drug-likeness (QED) is 0.819. The number of carbonyl (C=O) groups excluding carboxylic acids is 1. The van der Waals surface area contributed by atoms with Crippen LogP contribution in [0.25, 0.3) is 0 Å². The summed E-state index contributed by atoms with van der Waals surface area (Å²) in [6, 6.07) is 0. The molecule has 0 aromatic heterocycles. The van der Waals surface area contributed by atoms with Crippen molar-refractivity contribution in [2.24, 2.45) is 11.3 Å². The molecule has 4 nitrogen and oxygen atoms in total. The predicted octanol–water partition coefficient (Wildman–Crippen LogP) is 1.89. The molecule has 2 rings (SSSR count). The number of hydrogen-bond acceptors (Lipinski definition) is 3. The maximum Gasteiger partial charge on any atom is 0.329 e. The van der Waals surface area contributed by atoms with Gasteiger partial charge in [0.15, 0.2) is 0 Å². The number of carboxylic acid groups (broad SMARTS) is 1. The standard InChI is InChI=1S/C13H21NO3S/c1-3-12(2)8-9(12)10(15)14-13(11(16)17)4-6-18-7-5-13/h9H,3-8H2,1-2H3,(H,14,15)(H,16,17). The van der Waals surface area contributed by atoms with Crippen molar-refractivity contribution in [3.8, 4) is 0 Å². The minimum Gasteiger partial charge on any atom is -0.480 e. The lowest BCUT2D eigenvalue weighted by atomic mass is 9.91. The van der Waals surface area contributed by atoms with Crippen LogP contribution in [-0.4, -0.2) is 34.0 Å². The zero-order valence-corrected chi connectivity index (χ0v) is 11.8. The summed E-state index contributed by atoms with van der Waals surface area (Å²) in [5.74, 6) is 0.682. The first-order valence-electron chi connectivity index (χ1n) is 6.57. The lowest BCUT2D eigenvalue weighted by Gasteiger charge is -2.34. The summed E-state index contributed by atoms with van der Waals surface area (Å²) in [5, 5.41) is 12.2. The smallest absolute Gasteiger partial charge is 0.329 e. The van der Waals surface area contributed by atoms with Gasteiger partial charge in [-0.05, 0) is 42.6 Å². The van der Waals surface area contributed by atoms with Crippen molar-refractivity contribution in [3.05, 3.63) is 0 Å². The number of rotatable bonds is 4. The van der Waals surface area contributed by atoms with Crippen LogP contribution in [0.2, 0.25) is 0 Å². The minimum atomic E-state index is -1.01. The molecule has 2 atom stereocenters. The van der Waals surface area contributed by atoms with E-state index in [0.29, 0.717) is 12.8 Å². The van der Waals surface area contributed by atoms with Crippen molar-refractivity contribution in [2.45, 2.75) is 45.1 Å². The predicted molar refractivity (Wildman–Crippen MR) is 71.6 cm³/mol. The number of aliphatic carboxylic acids is 1. The summed E-state index contributed by atoms with van der Waals surface area (Å²) in [5.41, 5.74) is -0.924. The van der Waals surface area contributed by atoms with Gasteiger partial charge in [-0.25, -0.2) is 4.79 Å². The molecule has 18 heavy (non-hydrogen) atoms. The number of hydrogen-bond donors (Lipinski definition) is 2. The van der Waals surface area contributed by atoms with Crippen LogP contribution in [0.3, 0.4) is 0 Å². The molecule has 1 saturated carbocycles. The van der Waals surface area contributed by atoms with E-state index in [1.807, 2.05) is 0 Å². The summed E-state index contributed by atoms with van der Waals surface area (Å²) in [6.07, 6.45) is 2.93. The largest absolute Gasteiger partial charge is 0.480 e. The van der Waals surface area contributed by atoms with E-state index < -0.39 is 11.5 Å². The average molecular weight is 271 g/mol. The molecule has 0 bridgehead atoms. The van der Waals surface area contributed by atoms with Crippen LogP contribution in [0.15, 0.2) is 0 Å². The number of amides is 1. The molecule has 2 unspecified atom stereocenters. The van der Waals surface area contributed by atoms with Crippen LogP contribution >= 0.6 is 11.8 Å². The summed E-state index contributed by atoms with van der Waals surface area (Å²) < 4.78 is 0.